The normalized spacial score (nSPS) is 10.7. The van der Waals surface area contributed by atoms with Gasteiger partial charge >= 0.3 is 5.97 Å². The van der Waals surface area contributed by atoms with E-state index in [0.29, 0.717) is 27.9 Å². The average molecular weight is 562 g/mol. The Morgan fingerprint density at radius 2 is 1.68 bits per heavy atom. The zero-order valence-electron chi connectivity index (χ0n) is 22.3. The van der Waals surface area contributed by atoms with Gasteiger partial charge in [-0.05, 0) is 61.2 Å². The third-order valence-corrected chi connectivity index (χ3v) is 7.09. The van der Waals surface area contributed by atoms with Gasteiger partial charge in [0.15, 0.2) is 0 Å². The van der Waals surface area contributed by atoms with Crippen molar-refractivity contribution in [2.24, 2.45) is 0 Å². The molecule has 0 aliphatic rings. The summed E-state index contributed by atoms with van der Waals surface area (Å²) in [5, 5.41) is 12.3. The van der Waals surface area contributed by atoms with Crippen LogP contribution in [0.3, 0.4) is 0 Å². The molecule has 2 aromatic carbocycles. The van der Waals surface area contributed by atoms with Crippen molar-refractivity contribution in [1.29, 1.82) is 0 Å². The molecule has 0 spiro atoms. The predicted octanol–water partition coefficient (Wildman–Crippen LogP) is 5.54. The number of carbonyl (C=O) groups excluding carboxylic acids is 3. The van der Waals surface area contributed by atoms with Gasteiger partial charge in [-0.2, -0.15) is 0 Å². The molecule has 0 radical (unpaired) electrons. The fourth-order valence-corrected chi connectivity index (χ4v) is 4.72. The lowest BCUT2D eigenvalue weighted by atomic mass is 10.0. The molecule has 4 aromatic rings. The number of ether oxygens (including phenoxy) is 2. The van der Waals surface area contributed by atoms with Crippen LogP contribution in [0.25, 0.3) is 10.6 Å². The van der Waals surface area contributed by atoms with E-state index in [1.807, 2.05) is 30.3 Å². The number of Topliss-reactive ketones (excluding diaryl/α,β-unsaturated/α-hetero) is 1. The van der Waals surface area contributed by atoms with Crippen molar-refractivity contribution in [2.75, 3.05) is 7.11 Å². The second-order valence-electron chi connectivity index (χ2n) is 9.08. The maximum Gasteiger partial charge on any atom is 0.373 e. The second-order valence-corrected chi connectivity index (χ2v) is 10.1. The van der Waals surface area contributed by atoms with Crippen LogP contribution in [0.5, 0.6) is 5.75 Å². The van der Waals surface area contributed by atoms with Gasteiger partial charge in [0.25, 0.3) is 5.91 Å². The zero-order chi connectivity index (χ0) is 28.2. The molecule has 2 heterocycles. The van der Waals surface area contributed by atoms with E-state index in [1.54, 1.807) is 18.2 Å². The molecule has 2 aromatic heterocycles. The summed E-state index contributed by atoms with van der Waals surface area (Å²) >= 11 is 1.34. The first-order valence-corrected chi connectivity index (χ1v) is 13.9. The molecule has 10 heteroatoms. The Bertz CT molecular complexity index is 1400. The molecular weight excluding hydrogens is 530 g/mol. The predicted molar refractivity (Wildman–Crippen MR) is 150 cm³/mol. The van der Waals surface area contributed by atoms with E-state index in [4.69, 9.17) is 9.15 Å². The Labute approximate surface area is 236 Å². The number of nitrogens with one attached hydrogen (secondary N) is 1. The second kappa shape index (κ2) is 14.7. The van der Waals surface area contributed by atoms with Gasteiger partial charge in [0.1, 0.15) is 28.1 Å². The Kier molecular flexibility index (Phi) is 10.6. The quantitative estimate of drug-likeness (QED) is 0.114. The highest BCUT2D eigenvalue weighted by molar-refractivity contribution is 7.14. The van der Waals surface area contributed by atoms with Crippen LogP contribution in [-0.2, 0) is 33.9 Å². The van der Waals surface area contributed by atoms with Crippen molar-refractivity contribution in [1.82, 2.24) is 15.5 Å². The van der Waals surface area contributed by atoms with Crippen LogP contribution in [0.1, 0.15) is 59.0 Å². The van der Waals surface area contributed by atoms with E-state index in [9.17, 15) is 14.4 Å². The summed E-state index contributed by atoms with van der Waals surface area (Å²) in [5.41, 5.74) is 2.17. The molecule has 0 atom stereocenters. The molecule has 0 aliphatic carbocycles. The van der Waals surface area contributed by atoms with Crippen LogP contribution >= 0.6 is 11.3 Å². The van der Waals surface area contributed by atoms with E-state index >= 15 is 0 Å². The lowest BCUT2D eigenvalue weighted by molar-refractivity contribution is -0.138. The van der Waals surface area contributed by atoms with E-state index in [-0.39, 0.29) is 25.3 Å². The van der Waals surface area contributed by atoms with Crippen LogP contribution in [0.15, 0.2) is 71.1 Å². The molecule has 208 valence electrons. The van der Waals surface area contributed by atoms with Crippen molar-refractivity contribution in [2.45, 2.75) is 51.7 Å². The first-order valence-electron chi connectivity index (χ1n) is 13.1. The number of aryl methyl sites for hydroxylation is 1. The summed E-state index contributed by atoms with van der Waals surface area (Å²) in [4.78, 5) is 35.9. The summed E-state index contributed by atoms with van der Waals surface area (Å²) in [7, 11) is 1.29. The molecular formula is C30H31N3O6S. The third-order valence-electron chi connectivity index (χ3n) is 6.11. The van der Waals surface area contributed by atoms with Gasteiger partial charge < -0.3 is 19.2 Å². The van der Waals surface area contributed by atoms with Gasteiger partial charge in [-0.25, -0.2) is 4.79 Å². The van der Waals surface area contributed by atoms with Crippen LogP contribution in [0.2, 0.25) is 0 Å². The Hall–Kier alpha value is -4.31. The Morgan fingerprint density at radius 1 is 0.900 bits per heavy atom. The van der Waals surface area contributed by atoms with Crippen molar-refractivity contribution >= 4 is 29.0 Å². The minimum atomic E-state index is -0.585. The minimum absolute atomic E-state index is 0.120. The number of furan rings is 1. The average Bonchev–Trinajstić information content (AvgIpc) is 3.67. The molecule has 1 N–H and O–H groups in total. The number of methoxy groups -OCH3 is 1. The lowest BCUT2D eigenvalue weighted by Gasteiger charge is -2.04. The number of unbranched alkanes of at least 4 members (excludes halogenated alkanes) is 3. The number of nitrogens with zero attached hydrogens (tertiary/aromatic N) is 2. The smallest absolute Gasteiger partial charge is 0.373 e. The first-order chi connectivity index (χ1) is 19.5. The van der Waals surface area contributed by atoms with Gasteiger partial charge in [-0.1, -0.05) is 54.5 Å². The summed E-state index contributed by atoms with van der Waals surface area (Å²) in [6, 6.07) is 20.8. The molecule has 0 unspecified atom stereocenters. The highest BCUT2D eigenvalue weighted by Gasteiger charge is 2.15. The Balaban J connectivity index is 1.14. The molecule has 40 heavy (non-hydrogen) atoms. The fourth-order valence-electron chi connectivity index (χ4n) is 3.94. The molecule has 1 amide bonds. The van der Waals surface area contributed by atoms with Crippen molar-refractivity contribution in [3.05, 3.63) is 88.8 Å². The van der Waals surface area contributed by atoms with Crippen molar-refractivity contribution in [3.8, 4) is 16.3 Å². The van der Waals surface area contributed by atoms with Gasteiger partial charge in [0.05, 0.1) is 13.7 Å². The maximum absolute atomic E-state index is 12.2. The number of ketones is 1. The van der Waals surface area contributed by atoms with Crippen molar-refractivity contribution in [3.63, 3.8) is 0 Å². The summed E-state index contributed by atoms with van der Waals surface area (Å²) in [6.45, 7) is 0.309. The highest BCUT2D eigenvalue weighted by atomic mass is 32.1. The summed E-state index contributed by atoms with van der Waals surface area (Å²) in [5.74, 6) is -0.297. The van der Waals surface area contributed by atoms with Crippen LogP contribution in [0, 0.1) is 0 Å². The highest BCUT2D eigenvalue weighted by Crippen LogP contribution is 2.26. The van der Waals surface area contributed by atoms with Gasteiger partial charge in [-0.15, -0.1) is 10.2 Å². The largest absolute Gasteiger partial charge is 0.486 e. The van der Waals surface area contributed by atoms with Gasteiger partial charge in [0.2, 0.25) is 11.5 Å². The molecule has 0 aliphatic heterocycles. The number of aromatic nitrogens is 2. The number of rotatable bonds is 15. The van der Waals surface area contributed by atoms with E-state index < -0.39 is 17.7 Å². The van der Waals surface area contributed by atoms with Gasteiger partial charge in [0, 0.05) is 12.0 Å². The maximum atomic E-state index is 12.2. The SMILES string of the molecule is COC(=O)c1ccc(COc2ccc(-c3nnc(CNC(=O)C(=O)CCCCCCc4ccccc4)s3)cc2)o1. The lowest BCUT2D eigenvalue weighted by Crippen LogP contribution is -2.30. The summed E-state index contributed by atoms with van der Waals surface area (Å²) in [6.07, 6.45) is 5.02. The number of hydrogen-bond donors (Lipinski definition) is 1. The monoisotopic (exact) mass is 561 g/mol. The van der Waals surface area contributed by atoms with E-state index in [1.165, 1.54) is 30.1 Å². The summed E-state index contributed by atoms with van der Waals surface area (Å²) < 4.78 is 15.7. The van der Waals surface area contributed by atoms with Crippen LogP contribution in [-0.4, -0.2) is 35.0 Å². The molecule has 9 nitrogen and oxygen atoms in total. The molecule has 0 bridgehead atoms. The minimum Gasteiger partial charge on any atom is -0.486 e. The van der Waals surface area contributed by atoms with Crippen molar-refractivity contribution < 1.29 is 28.3 Å². The molecule has 4 rings (SSSR count). The van der Waals surface area contributed by atoms with Crippen LogP contribution in [0.4, 0.5) is 0 Å². The third kappa shape index (κ3) is 8.60. The number of amides is 1. The molecule has 0 saturated carbocycles. The number of esters is 1. The fraction of sp³-hybridized carbons (Fsp3) is 0.300. The standard InChI is InChI=1S/C30H31N3O6S/c1-37-30(36)26-18-17-24(39-26)20-38-23-15-13-22(14-16-23)29-33-32-27(40-29)19-31-28(35)25(34)12-8-3-2-5-9-21-10-6-4-7-11-21/h4,6-7,10-11,13-18H,2-3,5,8-9,12,19-20H2,1H3,(H,31,35). The van der Waals surface area contributed by atoms with Gasteiger partial charge in [-0.3, -0.25) is 9.59 Å². The van der Waals surface area contributed by atoms with E-state index in [2.05, 4.69) is 32.4 Å². The zero-order valence-corrected chi connectivity index (χ0v) is 23.1. The number of hydrogen-bond acceptors (Lipinski definition) is 9. The number of benzene rings is 2. The number of carbonyl (C=O) groups is 3. The topological polar surface area (TPSA) is 121 Å². The van der Waals surface area contributed by atoms with Crippen LogP contribution < -0.4 is 10.1 Å². The van der Waals surface area contributed by atoms with E-state index in [0.717, 1.165) is 31.2 Å². The molecule has 0 saturated heterocycles. The molecule has 0 fully saturated rings. The first kappa shape index (κ1) is 28.7. The Morgan fingerprint density at radius 3 is 2.45 bits per heavy atom.